The van der Waals surface area contributed by atoms with Crippen LogP contribution in [0.1, 0.15) is 38.2 Å². The van der Waals surface area contributed by atoms with Crippen LogP contribution in [0.3, 0.4) is 0 Å². The van der Waals surface area contributed by atoms with E-state index in [0.29, 0.717) is 40.5 Å². The molecule has 222 valence electrons. The molecule has 0 radical (unpaired) electrons. The molecule has 0 aliphatic carbocycles. The molecule has 2 unspecified atom stereocenters. The number of aromatic nitrogens is 3. The second-order valence-corrected chi connectivity index (χ2v) is 12.1. The highest BCUT2D eigenvalue weighted by Gasteiger charge is 2.49. The zero-order valence-corrected chi connectivity index (χ0v) is 24.2. The molecule has 1 N–H and O–H groups in total. The molecule has 0 saturated carbocycles. The number of pyridine rings is 1. The molecule has 3 aliphatic heterocycles. The topological polar surface area (TPSA) is 66.4 Å². The first-order chi connectivity index (χ1) is 20.8. The quantitative estimate of drug-likeness (QED) is 0.310. The summed E-state index contributed by atoms with van der Waals surface area (Å²) >= 11 is 0. The molecule has 7 nitrogen and oxygen atoms in total. The molecule has 3 fully saturated rings. The van der Waals surface area contributed by atoms with E-state index in [-0.39, 0.29) is 41.5 Å². The van der Waals surface area contributed by atoms with Crippen LogP contribution in [0.15, 0.2) is 36.5 Å². The molecule has 7 rings (SSSR count). The number of benzene rings is 2. The van der Waals surface area contributed by atoms with Gasteiger partial charge in [0.2, 0.25) is 0 Å². The van der Waals surface area contributed by atoms with Gasteiger partial charge in [-0.15, -0.1) is 6.42 Å². The summed E-state index contributed by atoms with van der Waals surface area (Å²) in [5.41, 5.74) is 0.0586. The lowest BCUT2D eigenvalue weighted by atomic mass is 9.95. The SMILES string of the molecule is C#Cc1c(F)ccc2cccc(-c3ncc4c(N(C)C5CCNC5C)nc(OC[C@@]56CCCN5C[C@H](F)C6)nc4c3F)c12. The van der Waals surface area contributed by atoms with Gasteiger partial charge >= 0.3 is 6.01 Å². The Morgan fingerprint density at radius 2 is 2.09 bits per heavy atom. The van der Waals surface area contributed by atoms with Gasteiger partial charge in [-0.1, -0.05) is 30.2 Å². The molecule has 3 saturated heterocycles. The molecule has 5 heterocycles. The minimum atomic E-state index is -0.899. The molecule has 43 heavy (non-hydrogen) atoms. The van der Waals surface area contributed by atoms with Gasteiger partial charge in [-0.2, -0.15) is 9.97 Å². The number of halogens is 3. The summed E-state index contributed by atoms with van der Waals surface area (Å²) < 4.78 is 52.0. The maximum absolute atomic E-state index is 16.7. The Morgan fingerprint density at radius 1 is 1.23 bits per heavy atom. The summed E-state index contributed by atoms with van der Waals surface area (Å²) in [6.07, 6.45) is 9.44. The van der Waals surface area contributed by atoms with Crippen molar-refractivity contribution < 1.29 is 17.9 Å². The predicted octanol–water partition coefficient (Wildman–Crippen LogP) is 5.25. The van der Waals surface area contributed by atoms with Crippen LogP contribution >= 0.6 is 0 Å². The Kier molecular flexibility index (Phi) is 6.90. The maximum atomic E-state index is 16.7. The Bertz CT molecular complexity index is 1780. The van der Waals surface area contributed by atoms with E-state index in [9.17, 15) is 8.78 Å². The average molecular weight is 587 g/mol. The predicted molar refractivity (Wildman–Crippen MR) is 161 cm³/mol. The fraction of sp³-hybridized carbons (Fsp3) is 0.424. The van der Waals surface area contributed by atoms with E-state index in [1.54, 1.807) is 30.5 Å². The second kappa shape index (κ2) is 10.6. The van der Waals surface area contributed by atoms with Gasteiger partial charge in [0.25, 0.3) is 0 Å². The van der Waals surface area contributed by atoms with Crippen LogP contribution in [0.4, 0.5) is 19.0 Å². The van der Waals surface area contributed by atoms with Crippen LogP contribution in [0, 0.1) is 24.0 Å². The summed E-state index contributed by atoms with van der Waals surface area (Å²) in [5.74, 6) is 1.68. The van der Waals surface area contributed by atoms with Crippen LogP contribution in [-0.4, -0.2) is 76.9 Å². The Labute approximate surface area is 248 Å². The van der Waals surface area contributed by atoms with Gasteiger partial charge in [-0.05, 0) is 50.7 Å². The highest BCUT2D eigenvalue weighted by atomic mass is 19.1. The van der Waals surface area contributed by atoms with E-state index in [4.69, 9.17) is 16.1 Å². The van der Waals surface area contributed by atoms with Crippen molar-refractivity contribution in [1.29, 1.82) is 0 Å². The van der Waals surface area contributed by atoms with Crippen LogP contribution in [0.25, 0.3) is 32.9 Å². The monoisotopic (exact) mass is 586 g/mol. The molecular weight excluding hydrogens is 553 g/mol. The maximum Gasteiger partial charge on any atom is 0.319 e. The number of hydrogen-bond donors (Lipinski definition) is 1. The molecule has 0 spiro atoms. The van der Waals surface area contributed by atoms with E-state index in [2.05, 4.69) is 33.0 Å². The third-order valence-electron chi connectivity index (χ3n) is 9.58. The van der Waals surface area contributed by atoms with Crippen molar-refractivity contribution in [3.05, 3.63) is 53.7 Å². The first-order valence-corrected chi connectivity index (χ1v) is 14.8. The van der Waals surface area contributed by atoms with Gasteiger partial charge in [-0.25, -0.2) is 13.2 Å². The number of terminal acetylenes is 1. The highest BCUT2D eigenvalue weighted by Crippen LogP contribution is 2.41. The number of nitrogens with zero attached hydrogens (tertiary/aromatic N) is 5. The summed E-state index contributed by atoms with van der Waals surface area (Å²) in [4.78, 5) is 18.1. The van der Waals surface area contributed by atoms with E-state index in [0.717, 1.165) is 32.4 Å². The minimum absolute atomic E-state index is 0.00554. The number of alkyl halides is 1. The van der Waals surface area contributed by atoms with Crippen molar-refractivity contribution in [1.82, 2.24) is 25.2 Å². The van der Waals surface area contributed by atoms with Gasteiger partial charge < -0.3 is 15.0 Å². The standard InChI is InChI=1S/C33H33F3N6O/c1-4-22-25(35)10-9-20-7-5-8-23(27(20)22)29-28(36)30-24(16-38-29)31(41(3)26-11-13-37-19(26)2)40-32(39-30)43-18-33-12-6-14-42(33)17-21(34)15-33/h1,5,7-10,16,19,21,26,37H,6,11-15,17-18H2,2-3H3/t19?,21-,26?,33+/m1/s1. The Balaban J connectivity index is 1.37. The van der Waals surface area contributed by atoms with Crippen molar-refractivity contribution in [2.75, 3.05) is 38.2 Å². The number of hydrogen-bond acceptors (Lipinski definition) is 7. The van der Waals surface area contributed by atoms with Crippen LogP contribution in [0.5, 0.6) is 6.01 Å². The van der Waals surface area contributed by atoms with Gasteiger partial charge in [0, 0.05) is 49.2 Å². The average Bonchev–Trinajstić information content (AvgIpc) is 3.69. The Hall–Kier alpha value is -3.94. The summed E-state index contributed by atoms with van der Waals surface area (Å²) in [7, 11) is 1.93. The van der Waals surface area contributed by atoms with Crippen molar-refractivity contribution in [3.8, 4) is 29.6 Å². The first kappa shape index (κ1) is 27.9. The molecule has 0 amide bonds. The van der Waals surface area contributed by atoms with Gasteiger partial charge in [0.1, 0.15) is 35.6 Å². The lowest BCUT2D eigenvalue weighted by Gasteiger charge is -2.31. The van der Waals surface area contributed by atoms with E-state index < -0.39 is 23.3 Å². The first-order valence-electron chi connectivity index (χ1n) is 14.8. The molecule has 4 atom stereocenters. The molecular formula is C33H33F3N6O. The fourth-order valence-electron chi connectivity index (χ4n) is 7.41. The van der Waals surface area contributed by atoms with Gasteiger partial charge in [0.15, 0.2) is 5.82 Å². The lowest BCUT2D eigenvalue weighted by molar-refractivity contribution is 0.107. The number of likely N-dealkylation sites (N-methyl/N-ethyl adjacent to an activating group) is 1. The smallest absolute Gasteiger partial charge is 0.319 e. The number of fused-ring (bicyclic) bond motifs is 3. The molecule has 2 aromatic carbocycles. The largest absolute Gasteiger partial charge is 0.461 e. The van der Waals surface area contributed by atoms with Crippen molar-refractivity contribution in [2.24, 2.45) is 0 Å². The summed E-state index contributed by atoms with van der Waals surface area (Å²) in [5, 5.41) is 4.97. The van der Waals surface area contributed by atoms with Crippen LogP contribution in [0.2, 0.25) is 0 Å². The number of nitrogens with one attached hydrogen (secondary N) is 1. The van der Waals surface area contributed by atoms with Crippen LogP contribution in [-0.2, 0) is 0 Å². The van der Waals surface area contributed by atoms with Gasteiger partial charge in [-0.3, -0.25) is 9.88 Å². The minimum Gasteiger partial charge on any atom is -0.461 e. The lowest BCUT2D eigenvalue weighted by Crippen LogP contribution is -2.43. The van der Waals surface area contributed by atoms with Crippen molar-refractivity contribution in [2.45, 2.75) is 56.4 Å². The molecule has 0 bridgehead atoms. The normalized spacial score (nSPS) is 25.3. The van der Waals surface area contributed by atoms with Crippen molar-refractivity contribution in [3.63, 3.8) is 0 Å². The number of rotatable bonds is 6. The number of anilines is 1. The Morgan fingerprint density at radius 3 is 2.88 bits per heavy atom. The van der Waals surface area contributed by atoms with Crippen molar-refractivity contribution >= 4 is 27.5 Å². The molecule has 3 aliphatic rings. The van der Waals surface area contributed by atoms with E-state index in [1.165, 1.54) is 6.07 Å². The molecule has 10 heteroatoms. The zero-order valence-electron chi connectivity index (χ0n) is 24.2. The van der Waals surface area contributed by atoms with E-state index in [1.807, 2.05) is 11.9 Å². The van der Waals surface area contributed by atoms with Crippen LogP contribution < -0.4 is 15.0 Å². The third kappa shape index (κ3) is 4.57. The van der Waals surface area contributed by atoms with Gasteiger partial charge in [0.05, 0.1) is 16.5 Å². The van der Waals surface area contributed by atoms with E-state index >= 15 is 4.39 Å². The number of ether oxygens (including phenoxy) is 1. The summed E-state index contributed by atoms with van der Waals surface area (Å²) in [6.45, 7) is 4.42. The third-order valence-corrected chi connectivity index (χ3v) is 9.58. The molecule has 4 aromatic rings. The highest BCUT2D eigenvalue weighted by molar-refractivity contribution is 6.02. The molecule has 2 aromatic heterocycles. The fourth-order valence-corrected chi connectivity index (χ4v) is 7.41. The summed E-state index contributed by atoms with van der Waals surface area (Å²) in [6, 6.07) is 8.49. The zero-order chi connectivity index (χ0) is 29.9. The second-order valence-electron chi connectivity index (χ2n) is 12.1.